The maximum atomic E-state index is 11.0. The third kappa shape index (κ3) is 4.61. The number of hydrogen-bond donors (Lipinski definition) is 1. The van der Waals surface area contributed by atoms with E-state index in [9.17, 15) is 4.79 Å². The summed E-state index contributed by atoms with van der Waals surface area (Å²) in [5, 5.41) is 9.02. The van der Waals surface area contributed by atoms with Crippen LogP contribution < -0.4 is 9.47 Å². The van der Waals surface area contributed by atoms with E-state index in [1.54, 1.807) is 20.3 Å². The normalized spacial score (nSPS) is 11.2. The Morgan fingerprint density at radius 1 is 1.25 bits per heavy atom. The zero-order valence-corrected chi connectivity index (χ0v) is 12.3. The Labute approximate surface area is 120 Å². The van der Waals surface area contributed by atoms with E-state index in [4.69, 9.17) is 14.6 Å². The minimum absolute atomic E-state index is 0.633. The highest BCUT2D eigenvalue weighted by atomic mass is 16.5. The van der Waals surface area contributed by atoms with E-state index in [-0.39, 0.29) is 0 Å². The minimum atomic E-state index is -0.936. The number of rotatable bonds is 8. The Balaban J connectivity index is 3.09. The fraction of sp³-hybridized carbons (Fsp3) is 0.438. The lowest BCUT2D eigenvalue weighted by Crippen LogP contribution is -1.97. The summed E-state index contributed by atoms with van der Waals surface area (Å²) in [6.45, 7) is 2.12. The molecule has 1 aromatic carbocycles. The molecule has 0 amide bonds. The molecule has 0 radical (unpaired) electrons. The van der Waals surface area contributed by atoms with Crippen molar-refractivity contribution in [2.75, 3.05) is 14.2 Å². The molecule has 0 bridgehead atoms. The standard InChI is InChI=1S/C16H22O4/c1-4-5-6-7-12(10-16(17)18)14-9-8-13(19-2)11-15(14)20-3/h8-11H,4-7H2,1-3H3,(H,17,18)/b12-10+. The molecule has 0 heterocycles. The Morgan fingerprint density at radius 2 is 2.00 bits per heavy atom. The van der Waals surface area contributed by atoms with Crippen LogP contribution in [0.5, 0.6) is 11.5 Å². The summed E-state index contributed by atoms with van der Waals surface area (Å²) in [5.74, 6) is 0.386. The molecule has 4 heteroatoms. The molecular weight excluding hydrogens is 256 g/mol. The van der Waals surface area contributed by atoms with Crippen LogP contribution in [0.2, 0.25) is 0 Å². The van der Waals surface area contributed by atoms with Gasteiger partial charge in [-0.15, -0.1) is 0 Å². The second-order valence-electron chi connectivity index (χ2n) is 4.53. The fourth-order valence-electron chi connectivity index (χ4n) is 2.06. The Kier molecular flexibility index (Phi) is 6.64. The predicted octanol–water partition coefficient (Wildman–Crippen LogP) is 3.75. The predicted molar refractivity (Wildman–Crippen MR) is 79.3 cm³/mol. The van der Waals surface area contributed by atoms with Crippen LogP contribution in [-0.4, -0.2) is 25.3 Å². The van der Waals surface area contributed by atoms with E-state index in [1.807, 2.05) is 12.1 Å². The fourth-order valence-corrected chi connectivity index (χ4v) is 2.06. The first-order valence-electron chi connectivity index (χ1n) is 6.78. The van der Waals surface area contributed by atoms with Crippen molar-refractivity contribution >= 4 is 11.5 Å². The van der Waals surface area contributed by atoms with E-state index >= 15 is 0 Å². The third-order valence-corrected chi connectivity index (χ3v) is 3.10. The van der Waals surface area contributed by atoms with Crippen LogP contribution in [0.15, 0.2) is 24.3 Å². The summed E-state index contributed by atoms with van der Waals surface area (Å²) >= 11 is 0. The molecule has 0 unspecified atom stereocenters. The number of methoxy groups -OCH3 is 2. The maximum absolute atomic E-state index is 11.0. The average molecular weight is 278 g/mol. The van der Waals surface area contributed by atoms with E-state index in [1.165, 1.54) is 6.08 Å². The summed E-state index contributed by atoms with van der Waals surface area (Å²) < 4.78 is 10.5. The molecule has 1 rings (SSSR count). The van der Waals surface area contributed by atoms with Crippen LogP contribution in [0.3, 0.4) is 0 Å². The van der Waals surface area contributed by atoms with Crippen molar-refractivity contribution in [2.45, 2.75) is 32.6 Å². The van der Waals surface area contributed by atoms with Crippen molar-refractivity contribution in [2.24, 2.45) is 0 Å². The largest absolute Gasteiger partial charge is 0.497 e. The van der Waals surface area contributed by atoms with E-state index in [0.29, 0.717) is 11.5 Å². The Bertz CT molecular complexity index is 477. The first-order chi connectivity index (χ1) is 9.62. The third-order valence-electron chi connectivity index (χ3n) is 3.10. The van der Waals surface area contributed by atoms with Crippen molar-refractivity contribution in [3.8, 4) is 11.5 Å². The molecule has 0 spiro atoms. The van der Waals surface area contributed by atoms with Gasteiger partial charge in [0.2, 0.25) is 0 Å². The SMILES string of the molecule is CCCCC/C(=C\C(=O)O)c1ccc(OC)cc1OC. The molecule has 0 aliphatic rings. The van der Waals surface area contributed by atoms with Gasteiger partial charge in [0.05, 0.1) is 14.2 Å². The summed E-state index contributed by atoms with van der Waals surface area (Å²) in [6, 6.07) is 5.43. The highest BCUT2D eigenvalue weighted by molar-refractivity contribution is 5.91. The molecule has 0 aliphatic heterocycles. The minimum Gasteiger partial charge on any atom is -0.497 e. The first kappa shape index (κ1) is 16.1. The van der Waals surface area contributed by atoms with Gasteiger partial charge in [0.25, 0.3) is 0 Å². The molecule has 0 saturated carbocycles. The number of carboxylic acids is 1. The molecular formula is C16H22O4. The lowest BCUT2D eigenvalue weighted by atomic mass is 9.98. The van der Waals surface area contributed by atoms with Crippen LogP contribution in [0.4, 0.5) is 0 Å². The number of benzene rings is 1. The van der Waals surface area contributed by atoms with Gasteiger partial charge in [-0.3, -0.25) is 0 Å². The average Bonchev–Trinajstić information content (AvgIpc) is 2.45. The summed E-state index contributed by atoms with van der Waals surface area (Å²) in [7, 11) is 3.16. The summed E-state index contributed by atoms with van der Waals surface area (Å²) in [4.78, 5) is 11.0. The first-order valence-corrected chi connectivity index (χ1v) is 6.78. The summed E-state index contributed by atoms with van der Waals surface area (Å²) in [6.07, 6.45) is 5.13. The number of allylic oxidation sites excluding steroid dienone is 1. The van der Waals surface area contributed by atoms with Gasteiger partial charge in [-0.25, -0.2) is 4.79 Å². The van der Waals surface area contributed by atoms with Crippen molar-refractivity contribution in [3.05, 3.63) is 29.8 Å². The number of hydrogen-bond acceptors (Lipinski definition) is 3. The second kappa shape index (κ2) is 8.25. The van der Waals surface area contributed by atoms with Gasteiger partial charge >= 0.3 is 5.97 Å². The van der Waals surface area contributed by atoms with Crippen LogP contribution in [0, 0.1) is 0 Å². The van der Waals surface area contributed by atoms with Gasteiger partial charge in [-0.2, -0.15) is 0 Å². The number of carboxylic acid groups (broad SMARTS) is 1. The maximum Gasteiger partial charge on any atom is 0.328 e. The Morgan fingerprint density at radius 3 is 2.55 bits per heavy atom. The molecule has 0 saturated heterocycles. The molecule has 110 valence electrons. The smallest absolute Gasteiger partial charge is 0.328 e. The molecule has 20 heavy (non-hydrogen) atoms. The van der Waals surface area contributed by atoms with Crippen molar-refractivity contribution in [1.82, 2.24) is 0 Å². The van der Waals surface area contributed by atoms with E-state index < -0.39 is 5.97 Å². The van der Waals surface area contributed by atoms with Crippen molar-refractivity contribution in [1.29, 1.82) is 0 Å². The molecule has 0 aromatic heterocycles. The van der Waals surface area contributed by atoms with Crippen LogP contribution in [-0.2, 0) is 4.79 Å². The van der Waals surface area contributed by atoms with Crippen molar-refractivity contribution < 1.29 is 19.4 Å². The number of carbonyl (C=O) groups is 1. The molecule has 4 nitrogen and oxygen atoms in total. The lowest BCUT2D eigenvalue weighted by molar-refractivity contribution is -0.131. The molecule has 0 aliphatic carbocycles. The van der Waals surface area contributed by atoms with E-state index in [0.717, 1.165) is 36.8 Å². The van der Waals surface area contributed by atoms with Gasteiger partial charge in [0.1, 0.15) is 11.5 Å². The highest BCUT2D eigenvalue weighted by Crippen LogP contribution is 2.32. The van der Waals surface area contributed by atoms with Gasteiger partial charge < -0.3 is 14.6 Å². The van der Waals surface area contributed by atoms with Crippen molar-refractivity contribution in [3.63, 3.8) is 0 Å². The van der Waals surface area contributed by atoms with Gasteiger partial charge in [0.15, 0.2) is 0 Å². The number of unbranched alkanes of at least 4 members (excludes halogenated alkanes) is 2. The molecule has 0 fully saturated rings. The van der Waals surface area contributed by atoms with Gasteiger partial charge in [0, 0.05) is 17.7 Å². The van der Waals surface area contributed by atoms with Gasteiger partial charge in [-0.05, 0) is 30.5 Å². The highest BCUT2D eigenvalue weighted by Gasteiger charge is 2.11. The zero-order valence-electron chi connectivity index (χ0n) is 12.3. The zero-order chi connectivity index (χ0) is 15.0. The monoisotopic (exact) mass is 278 g/mol. The van der Waals surface area contributed by atoms with Gasteiger partial charge in [-0.1, -0.05) is 19.8 Å². The topological polar surface area (TPSA) is 55.8 Å². The Hall–Kier alpha value is -1.97. The molecule has 1 N–H and O–H groups in total. The van der Waals surface area contributed by atoms with E-state index in [2.05, 4.69) is 6.92 Å². The van der Waals surface area contributed by atoms with Crippen LogP contribution in [0.25, 0.3) is 5.57 Å². The quantitative estimate of drug-likeness (QED) is 0.581. The van der Waals surface area contributed by atoms with Crippen LogP contribution in [0.1, 0.15) is 38.2 Å². The second-order valence-corrected chi connectivity index (χ2v) is 4.53. The van der Waals surface area contributed by atoms with Crippen LogP contribution >= 0.6 is 0 Å². The number of aliphatic carboxylic acids is 1. The summed E-state index contributed by atoms with van der Waals surface area (Å²) in [5.41, 5.74) is 1.59. The molecule has 1 aromatic rings. The molecule has 0 atom stereocenters. The lowest BCUT2D eigenvalue weighted by Gasteiger charge is -2.13. The number of ether oxygens (including phenoxy) is 2.